The molecular weight excluding hydrogens is 232 g/mol. The summed E-state index contributed by atoms with van der Waals surface area (Å²) in [6.07, 6.45) is 2.42. The van der Waals surface area contributed by atoms with Gasteiger partial charge in [-0.25, -0.2) is 0 Å². The maximum Gasteiger partial charge on any atom is 0.0426 e. The highest BCUT2D eigenvalue weighted by atomic mass is 35.5. The van der Waals surface area contributed by atoms with Crippen LogP contribution < -0.4 is 10.2 Å². The minimum absolute atomic E-state index is 0.575. The van der Waals surface area contributed by atoms with Crippen molar-refractivity contribution >= 4 is 17.3 Å². The van der Waals surface area contributed by atoms with Crippen molar-refractivity contribution < 1.29 is 0 Å². The zero-order valence-electron chi connectivity index (χ0n) is 10.6. The second-order valence-electron chi connectivity index (χ2n) is 4.80. The summed E-state index contributed by atoms with van der Waals surface area (Å²) in [5.41, 5.74) is 1.25. The van der Waals surface area contributed by atoms with E-state index in [4.69, 9.17) is 11.6 Å². The minimum Gasteiger partial charge on any atom is -0.369 e. The molecule has 17 heavy (non-hydrogen) atoms. The van der Waals surface area contributed by atoms with Crippen LogP contribution in [0.2, 0.25) is 5.02 Å². The van der Waals surface area contributed by atoms with Crippen LogP contribution in [0.1, 0.15) is 26.7 Å². The highest BCUT2D eigenvalue weighted by molar-refractivity contribution is 6.30. The van der Waals surface area contributed by atoms with Crippen molar-refractivity contribution in [2.75, 3.05) is 18.0 Å². The molecule has 0 aromatic heterocycles. The van der Waals surface area contributed by atoms with Crippen molar-refractivity contribution in [1.29, 1.82) is 0 Å². The molecule has 0 saturated carbocycles. The van der Waals surface area contributed by atoms with Crippen LogP contribution in [0.25, 0.3) is 0 Å². The van der Waals surface area contributed by atoms with Gasteiger partial charge in [0.25, 0.3) is 0 Å². The van der Waals surface area contributed by atoms with Gasteiger partial charge in [0.05, 0.1) is 0 Å². The number of rotatable bonds is 3. The summed E-state index contributed by atoms with van der Waals surface area (Å²) in [7, 11) is 0. The van der Waals surface area contributed by atoms with Gasteiger partial charge in [-0.15, -0.1) is 0 Å². The molecule has 2 nitrogen and oxygen atoms in total. The van der Waals surface area contributed by atoms with Crippen molar-refractivity contribution in [3.05, 3.63) is 29.3 Å². The Labute approximate surface area is 109 Å². The number of benzene rings is 1. The molecule has 1 saturated heterocycles. The Morgan fingerprint density at radius 3 is 2.94 bits per heavy atom. The maximum atomic E-state index is 6.05. The van der Waals surface area contributed by atoms with Gasteiger partial charge in [0.15, 0.2) is 0 Å². The molecule has 94 valence electrons. The smallest absolute Gasteiger partial charge is 0.0426 e. The highest BCUT2D eigenvalue weighted by Gasteiger charge is 2.24. The zero-order valence-corrected chi connectivity index (χ0v) is 11.4. The third-order valence-corrected chi connectivity index (χ3v) is 3.74. The van der Waals surface area contributed by atoms with Crippen molar-refractivity contribution in [3.8, 4) is 0 Å². The number of hydrogen-bond acceptors (Lipinski definition) is 2. The fourth-order valence-electron chi connectivity index (χ4n) is 2.68. The summed E-state index contributed by atoms with van der Waals surface area (Å²) < 4.78 is 0. The average molecular weight is 253 g/mol. The van der Waals surface area contributed by atoms with E-state index in [2.05, 4.69) is 36.2 Å². The topological polar surface area (TPSA) is 15.3 Å². The fraction of sp³-hybridized carbons (Fsp3) is 0.571. The molecule has 1 N–H and O–H groups in total. The zero-order chi connectivity index (χ0) is 12.3. The van der Waals surface area contributed by atoms with E-state index in [0.29, 0.717) is 12.1 Å². The van der Waals surface area contributed by atoms with Crippen molar-refractivity contribution in [1.82, 2.24) is 5.32 Å². The van der Waals surface area contributed by atoms with Crippen LogP contribution in [0.5, 0.6) is 0 Å². The van der Waals surface area contributed by atoms with Crippen molar-refractivity contribution in [2.24, 2.45) is 0 Å². The number of anilines is 1. The van der Waals surface area contributed by atoms with Crippen LogP contribution in [-0.4, -0.2) is 25.2 Å². The first-order valence-electron chi connectivity index (χ1n) is 6.46. The number of nitrogens with one attached hydrogen (secondary N) is 1. The lowest BCUT2D eigenvalue weighted by Gasteiger charge is -2.39. The SMILES string of the molecule is CCNC1CCN(c2cccc(Cl)c2)C(C)C1. The van der Waals surface area contributed by atoms with E-state index in [1.165, 1.54) is 18.5 Å². The second-order valence-corrected chi connectivity index (χ2v) is 5.24. The molecule has 0 amide bonds. The Morgan fingerprint density at radius 2 is 2.29 bits per heavy atom. The number of hydrogen-bond donors (Lipinski definition) is 1. The Kier molecular flexibility index (Phi) is 4.30. The largest absolute Gasteiger partial charge is 0.369 e. The Hall–Kier alpha value is -0.730. The molecule has 2 atom stereocenters. The summed E-state index contributed by atoms with van der Waals surface area (Å²) in [4.78, 5) is 2.46. The molecule has 0 bridgehead atoms. The molecule has 1 aromatic carbocycles. The second kappa shape index (κ2) is 5.74. The van der Waals surface area contributed by atoms with Gasteiger partial charge in [0.2, 0.25) is 0 Å². The first kappa shape index (κ1) is 12.7. The molecule has 1 aliphatic heterocycles. The Morgan fingerprint density at radius 1 is 1.47 bits per heavy atom. The molecule has 2 rings (SSSR count). The first-order chi connectivity index (χ1) is 8.20. The van der Waals surface area contributed by atoms with E-state index in [1.807, 2.05) is 12.1 Å². The van der Waals surface area contributed by atoms with Crippen LogP contribution in [0.4, 0.5) is 5.69 Å². The van der Waals surface area contributed by atoms with Gasteiger partial charge in [-0.05, 0) is 44.5 Å². The lowest BCUT2D eigenvalue weighted by molar-refractivity contribution is 0.374. The molecule has 1 aromatic rings. The predicted molar refractivity (Wildman–Crippen MR) is 75.0 cm³/mol. The van der Waals surface area contributed by atoms with Gasteiger partial charge in [-0.1, -0.05) is 24.6 Å². The van der Waals surface area contributed by atoms with E-state index in [-0.39, 0.29) is 0 Å². The van der Waals surface area contributed by atoms with E-state index in [1.54, 1.807) is 0 Å². The van der Waals surface area contributed by atoms with E-state index < -0.39 is 0 Å². The van der Waals surface area contributed by atoms with Gasteiger partial charge in [-0.2, -0.15) is 0 Å². The van der Waals surface area contributed by atoms with Crippen molar-refractivity contribution in [3.63, 3.8) is 0 Å². The third kappa shape index (κ3) is 3.14. The molecule has 0 aliphatic carbocycles. The number of halogens is 1. The number of piperidine rings is 1. The molecule has 3 heteroatoms. The first-order valence-corrected chi connectivity index (χ1v) is 6.84. The van der Waals surface area contributed by atoms with Gasteiger partial charge in [0.1, 0.15) is 0 Å². The van der Waals surface area contributed by atoms with Gasteiger partial charge >= 0.3 is 0 Å². The quantitative estimate of drug-likeness (QED) is 0.888. The maximum absolute atomic E-state index is 6.05. The summed E-state index contributed by atoms with van der Waals surface area (Å²) in [6, 6.07) is 9.42. The molecule has 0 radical (unpaired) electrons. The van der Waals surface area contributed by atoms with Crippen molar-refractivity contribution in [2.45, 2.75) is 38.8 Å². The molecular formula is C14H21ClN2. The average Bonchev–Trinajstić information content (AvgIpc) is 2.29. The normalized spacial score (nSPS) is 25.0. The van der Waals surface area contributed by atoms with Crippen LogP contribution in [0.3, 0.4) is 0 Å². The van der Waals surface area contributed by atoms with Gasteiger partial charge in [-0.3, -0.25) is 0 Å². The molecule has 1 heterocycles. The highest BCUT2D eigenvalue weighted by Crippen LogP contribution is 2.26. The van der Waals surface area contributed by atoms with Crippen LogP contribution in [0, 0.1) is 0 Å². The molecule has 0 spiro atoms. The summed E-state index contributed by atoms with van der Waals surface area (Å²) in [6.45, 7) is 6.64. The third-order valence-electron chi connectivity index (χ3n) is 3.51. The Balaban J connectivity index is 2.04. The summed E-state index contributed by atoms with van der Waals surface area (Å²) >= 11 is 6.05. The summed E-state index contributed by atoms with van der Waals surface area (Å²) in [5.74, 6) is 0. The van der Waals surface area contributed by atoms with Crippen LogP contribution in [0.15, 0.2) is 24.3 Å². The van der Waals surface area contributed by atoms with Crippen LogP contribution >= 0.6 is 11.6 Å². The summed E-state index contributed by atoms with van der Waals surface area (Å²) in [5, 5.41) is 4.37. The molecule has 1 fully saturated rings. The van der Waals surface area contributed by atoms with E-state index in [0.717, 1.165) is 18.1 Å². The van der Waals surface area contributed by atoms with E-state index >= 15 is 0 Å². The van der Waals surface area contributed by atoms with E-state index in [9.17, 15) is 0 Å². The molecule has 1 aliphatic rings. The fourth-order valence-corrected chi connectivity index (χ4v) is 2.87. The lowest BCUT2D eigenvalue weighted by Crippen LogP contribution is -2.47. The predicted octanol–water partition coefficient (Wildman–Crippen LogP) is 3.31. The van der Waals surface area contributed by atoms with Gasteiger partial charge < -0.3 is 10.2 Å². The standard InChI is InChI=1S/C14H21ClN2/c1-3-16-13-7-8-17(11(2)9-13)14-6-4-5-12(15)10-14/h4-6,10-11,13,16H,3,7-9H2,1-2H3. The monoisotopic (exact) mass is 252 g/mol. The molecule has 2 unspecified atom stereocenters. The lowest BCUT2D eigenvalue weighted by atomic mass is 9.97. The Bertz CT molecular complexity index is 367. The van der Waals surface area contributed by atoms with Crippen LogP contribution in [-0.2, 0) is 0 Å². The minimum atomic E-state index is 0.575. The number of nitrogens with zero attached hydrogens (tertiary/aromatic N) is 1. The van der Waals surface area contributed by atoms with Gasteiger partial charge in [0, 0.05) is 29.3 Å².